The summed E-state index contributed by atoms with van der Waals surface area (Å²) in [5.74, 6) is 0.945. The number of hydrogen-bond acceptors (Lipinski definition) is 2. The molecule has 0 atom stereocenters. The zero-order valence-electron chi connectivity index (χ0n) is 12.0. The maximum absolute atomic E-state index is 5.88. The summed E-state index contributed by atoms with van der Waals surface area (Å²) in [6.45, 7) is 2.67. The molecule has 21 heavy (non-hydrogen) atoms. The molecular weight excluding hydrogens is 258 g/mol. The van der Waals surface area contributed by atoms with Crippen LogP contribution in [0.15, 0.2) is 60.9 Å². The number of ether oxygens (including phenoxy) is 1. The Balaban J connectivity index is 2.05. The van der Waals surface area contributed by atoms with Crippen molar-refractivity contribution < 1.29 is 4.74 Å². The second-order valence-electron chi connectivity index (χ2n) is 4.75. The molecule has 0 amide bonds. The van der Waals surface area contributed by atoms with Crippen LogP contribution in [0, 0.1) is 0 Å². The lowest BCUT2D eigenvalue weighted by Gasteiger charge is -2.11. The lowest BCUT2D eigenvalue weighted by Crippen LogP contribution is -1.95. The summed E-state index contributed by atoms with van der Waals surface area (Å²) in [5.41, 5.74) is 2.22. The molecule has 0 N–H and O–H groups in total. The van der Waals surface area contributed by atoms with Crippen LogP contribution in [0.1, 0.15) is 18.1 Å². The fourth-order valence-corrected chi connectivity index (χ4v) is 2.36. The van der Waals surface area contributed by atoms with Gasteiger partial charge in [0.2, 0.25) is 0 Å². The highest BCUT2D eigenvalue weighted by molar-refractivity contribution is 5.93. The first-order valence-electron chi connectivity index (χ1n) is 7.11. The van der Waals surface area contributed by atoms with Gasteiger partial charge in [-0.05, 0) is 30.0 Å². The maximum atomic E-state index is 5.88. The van der Waals surface area contributed by atoms with Gasteiger partial charge in [0.25, 0.3) is 0 Å². The number of aromatic nitrogens is 1. The largest absolute Gasteiger partial charge is 0.493 e. The second-order valence-corrected chi connectivity index (χ2v) is 4.75. The molecule has 104 valence electrons. The maximum Gasteiger partial charge on any atom is 0.134 e. The van der Waals surface area contributed by atoms with Gasteiger partial charge in [-0.3, -0.25) is 4.98 Å². The van der Waals surface area contributed by atoms with Crippen molar-refractivity contribution in [3.8, 4) is 5.75 Å². The Hall–Kier alpha value is -2.61. The van der Waals surface area contributed by atoms with Gasteiger partial charge < -0.3 is 4.74 Å². The minimum Gasteiger partial charge on any atom is -0.493 e. The summed E-state index contributed by atoms with van der Waals surface area (Å²) in [7, 11) is 0. The fraction of sp³-hybridized carbons (Fsp3) is 0.105. The zero-order valence-corrected chi connectivity index (χ0v) is 12.0. The Morgan fingerprint density at radius 1 is 0.952 bits per heavy atom. The second kappa shape index (κ2) is 6.23. The number of rotatable bonds is 4. The molecule has 1 heterocycles. The lowest BCUT2D eigenvalue weighted by atomic mass is 10.0. The van der Waals surface area contributed by atoms with Crippen molar-refractivity contribution >= 4 is 22.9 Å². The topological polar surface area (TPSA) is 22.1 Å². The quantitative estimate of drug-likeness (QED) is 0.682. The standard InChI is InChI=1S/C19H17NO/c1-2-21-19-17(8-7-15-11-13-20-14-12-15)10-9-16-5-3-4-6-18(16)19/h3-14H,2H2,1H3/b8-7+. The number of pyridine rings is 1. The third-order valence-electron chi connectivity index (χ3n) is 3.36. The van der Waals surface area contributed by atoms with Crippen LogP contribution in [0.5, 0.6) is 5.75 Å². The Kier molecular flexibility index (Phi) is 3.97. The van der Waals surface area contributed by atoms with Gasteiger partial charge in [0.05, 0.1) is 6.61 Å². The van der Waals surface area contributed by atoms with E-state index in [0.717, 1.165) is 22.3 Å². The van der Waals surface area contributed by atoms with Crippen molar-refractivity contribution in [2.75, 3.05) is 6.61 Å². The molecule has 0 aliphatic rings. The van der Waals surface area contributed by atoms with E-state index in [1.807, 2.05) is 31.2 Å². The Morgan fingerprint density at radius 3 is 2.57 bits per heavy atom. The van der Waals surface area contributed by atoms with Crippen LogP contribution >= 0.6 is 0 Å². The van der Waals surface area contributed by atoms with Crippen LogP contribution in [0.3, 0.4) is 0 Å². The summed E-state index contributed by atoms with van der Waals surface area (Å²) in [4.78, 5) is 4.03. The van der Waals surface area contributed by atoms with E-state index in [9.17, 15) is 0 Å². The summed E-state index contributed by atoms with van der Waals surface area (Å²) in [6, 6.07) is 16.5. The molecule has 3 rings (SSSR count). The molecule has 2 aromatic carbocycles. The first-order valence-corrected chi connectivity index (χ1v) is 7.11. The first kappa shape index (κ1) is 13.4. The molecule has 0 aliphatic carbocycles. The normalized spacial score (nSPS) is 11.1. The Morgan fingerprint density at radius 2 is 1.76 bits per heavy atom. The lowest BCUT2D eigenvalue weighted by molar-refractivity contribution is 0.343. The molecule has 2 heteroatoms. The molecule has 1 aromatic heterocycles. The molecule has 2 nitrogen and oxygen atoms in total. The van der Waals surface area contributed by atoms with Gasteiger partial charge in [-0.25, -0.2) is 0 Å². The van der Waals surface area contributed by atoms with Gasteiger partial charge in [0, 0.05) is 23.3 Å². The minimum absolute atomic E-state index is 0.657. The number of nitrogens with zero attached hydrogens (tertiary/aromatic N) is 1. The summed E-state index contributed by atoms with van der Waals surface area (Å²) in [5, 5.41) is 2.35. The van der Waals surface area contributed by atoms with Crippen LogP contribution in [-0.4, -0.2) is 11.6 Å². The first-order chi connectivity index (χ1) is 10.4. The number of fused-ring (bicyclic) bond motifs is 1. The highest BCUT2D eigenvalue weighted by Gasteiger charge is 2.06. The van der Waals surface area contributed by atoms with Crippen molar-refractivity contribution in [2.45, 2.75) is 6.92 Å². The van der Waals surface area contributed by atoms with Crippen LogP contribution in [-0.2, 0) is 0 Å². The average Bonchev–Trinajstić information content (AvgIpc) is 2.55. The van der Waals surface area contributed by atoms with E-state index in [1.54, 1.807) is 12.4 Å². The van der Waals surface area contributed by atoms with E-state index in [0.29, 0.717) is 6.61 Å². The monoisotopic (exact) mass is 275 g/mol. The minimum atomic E-state index is 0.657. The third kappa shape index (κ3) is 2.95. The molecule has 0 aliphatic heterocycles. The summed E-state index contributed by atoms with van der Waals surface area (Å²) < 4.78 is 5.88. The summed E-state index contributed by atoms with van der Waals surface area (Å²) in [6.07, 6.45) is 7.76. The van der Waals surface area contributed by atoms with Gasteiger partial charge in [0.15, 0.2) is 0 Å². The van der Waals surface area contributed by atoms with Gasteiger partial charge in [-0.1, -0.05) is 48.6 Å². The van der Waals surface area contributed by atoms with E-state index in [2.05, 4.69) is 41.4 Å². The number of hydrogen-bond donors (Lipinski definition) is 0. The Labute approximate surface area is 124 Å². The van der Waals surface area contributed by atoms with Gasteiger partial charge in [0.1, 0.15) is 5.75 Å². The number of benzene rings is 2. The molecule has 3 aromatic rings. The summed E-state index contributed by atoms with van der Waals surface area (Å²) >= 11 is 0. The van der Waals surface area contributed by atoms with Gasteiger partial charge in [-0.2, -0.15) is 0 Å². The van der Waals surface area contributed by atoms with Gasteiger partial charge >= 0.3 is 0 Å². The van der Waals surface area contributed by atoms with Crippen LogP contribution in [0.2, 0.25) is 0 Å². The molecule has 0 spiro atoms. The van der Waals surface area contributed by atoms with Crippen molar-refractivity contribution in [2.24, 2.45) is 0 Å². The predicted molar refractivity (Wildman–Crippen MR) is 88.3 cm³/mol. The molecule has 0 saturated carbocycles. The van der Waals surface area contributed by atoms with E-state index >= 15 is 0 Å². The van der Waals surface area contributed by atoms with Crippen molar-refractivity contribution in [1.82, 2.24) is 4.98 Å². The zero-order chi connectivity index (χ0) is 14.5. The van der Waals surface area contributed by atoms with E-state index < -0.39 is 0 Å². The molecule has 0 fully saturated rings. The smallest absolute Gasteiger partial charge is 0.134 e. The molecule has 0 saturated heterocycles. The third-order valence-corrected chi connectivity index (χ3v) is 3.36. The highest BCUT2D eigenvalue weighted by Crippen LogP contribution is 2.31. The molecule has 0 bridgehead atoms. The van der Waals surface area contributed by atoms with Gasteiger partial charge in [-0.15, -0.1) is 0 Å². The van der Waals surface area contributed by atoms with E-state index in [-0.39, 0.29) is 0 Å². The van der Waals surface area contributed by atoms with E-state index in [1.165, 1.54) is 5.39 Å². The van der Waals surface area contributed by atoms with Crippen LogP contribution < -0.4 is 4.74 Å². The average molecular weight is 275 g/mol. The van der Waals surface area contributed by atoms with Crippen LogP contribution in [0.4, 0.5) is 0 Å². The SMILES string of the molecule is CCOc1c(/C=C/c2ccncc2)ccc2ccccc12. The van der Waals surface area contributed by atoms with Crippen LogP contribution in [0.25, 0.3) is 22.9 Å². The molecule has 0 radical (unpaired) electrons. The highest BCUT2D eigenvalue weighted by atomic mass is 16.5. The predicted octanol–water partition coefficient (Wildman–Crippen LogP) is 4.80. The fourth-order valence-electron chi connectivity index (χ4n) is 2.36. The van der Waals surface area contributed by atoms with Crippen molar-refractivity contribution in [3.63, 3.8) is 0 Å². The van der Waals surface area contributed by atoms with E-state index in [4.69, 9.17) is 4.74 Å². The van der Waals surface area contributed by atoms with Crippen molar-refractivity contribution in [3.05, 3.63) is 72.1 Å². The van der Waals surface area contributed by atoms with Crippen molar-refractivity contribution in [1.29, 1.82) is 0 Å². The Bertz CT molecular complexity index is 763. The molecular formula is C19H17NO. The molecule has 0 unspecified atom stereocenters.